The zero-order chi connectivity index (χ0) is 15.9. The molecule has 2 aromatic carbocycles. The van der Waals surface area contributed by atoms with Gasteiger partial charge in [-0.2, -0.15) is 0 Å². The highest BCUT2D eigenvalue weighted by Gasteiger charge is 2.29. The molecule has 0 aromatic heterocycles. The molecule has 1 aliphatic rings. The summed E-state index contributed by atoms with van der Waals surface area (Å²) in [5.41, 5.74) is 4.59. The summed E-state index contributed by atoms with van der Waals surface area (Å²) in [7, 11) is 0. The van der Waals surface area contributed by atoms with Gasteiger partial charge in [0.2, 0.25) is 0 Å². The molecule has 0 aliphatic heterocycles. The van der Waals surface area contributed by atoms with Crippen LogP contribution in [0.3, 0.4) is 0 Å². The second-order valence-electron chi connectivity index (χ2n) is 5.98. The van der Waals surface area contributed by atoms with Crippen molar-refractivity contribution in [2.45, 2.75) is 32.6 Å². The molecule has 0 amide bonds. The summed E-state index contributed by atoms with van der Waals surface area (Å²) >= 11 is 0. The van der Waals surface area contributed by atoms with Crippen molar-refractivity contribution in [3.05, 3.63) is 63.1 Å². The van der Waals surface area contributed by atoms with E-state index in [9.17, 15) is 14.8 Å². The van der Waals surface area contributed by atoms with Crippen LogP contribution in [0, 0.1) is 18.8 Å². The van der Waals surface area contributed by atoms with E-state index >= 15 is 0 Å². The highest BCUT2D eigenvalue weighted by molar-refractivity contribution is 6.01. The van der Waals surface area contributed by atoms with Crippen LogP contribution in [0.5, 0.6) is 5.75 Å². The van der Waals surface area contributed by atoms with Gasteiger partial charge in [-0.05, 0) is 65.7 Å². The molecular weight excluding hydrogens is 278 g/mol. The van der Waals surface area contributed by atoms with Gasteiger partial charge in [0.25, 0.3) is 0 Å². The minimum atomic E-state index is -0.0287. The highest BCUT2D eigenvalue weighted by Crippen LogP contribution is 2.38. The smallest absolute Gasteiger partial charge is 0.167 e. The number of hydrogen-bond acceptors (Lipinski definition) is 4. The second kappa shape index (κ2) is 5.37. The largest absolute Gasteiger partial charge is 0.507 e. The fourth-order valence-corrected chi connectivity index (χ4v) is 3.26. The van der Waals surface area contributed by atoms with Gasteiger partial charge in [-0.1, -0.05) is 18.2 Å². The van der Waals surface area contributed by atoms with E-state index in [1.54, 1.807) is 12.1 Å². The maximum absolute atomic E-state index is 12.4. The maximum Gasteiger partial charge on any atom is 0.167 e. The molecule has 1 atom stereocenters. The molecular formula is C18H17NO3. The number of ketones is 1. The van der Waals surface area contributed by atoms with Crippen molar-refractivity contribution in [3.63, 3.8) is 0 Å². The second-order valence-corrected chi connectivity index (χ2v) is 5.98. The third kappa shape index (κ3) is 2.41. The molecule has 112 valence electrons. The first kappa shape index (κ1) is 14.4. The van der Waals surface area contributed by atoms with Crippen molar-refractivity contribution in [2.24, 2.45) is 5.18 Å². The van der Waals surface area contributed by atoms with E-state index in [4.69, 9.17) is 0 Å². The fraction of sp³-hybridized carbons (Fsp3) is 0.278. The van der Waals surface area contributed by atoms with Crippen molar-refractivity contribution in [2.75, 3.05) is 0 Å². The Morgan fingerprint density at radius 2 is 1.91 bits per heavy atom. The predicted octanol–water partition coefficient (Wildman–Crippen LogP) is 4.32. The normalized spacial score (nSPS) is 17.2. The van der Waals surface area contributed by atoms with Gasteiger partial charge in [0, 0.05) is 6.42 Å². The number of aromatic hydroxyl groups is 1. The first-order valence-corrected chi connectivity index (χ1v) is 7.29. The Bertz CT molecular complexity index is 780. The first-order valence-electron chi connectivity index (χ1n) is 7.29. The van der Waals surface area contributed by atoms with E-state index in [1.165, 1.54) is 0 Å². The van der Waals surface area contributed by atoms with E-state index in [2.05, 4.69) is 5.18 Å². The summed E-state index contributed by atoms with van der Waals surface area (Å²) in [6.45, 7) is 3.75. The van der Waals surface area contributed by atoms with E-state index in [0.29, 0.717) is 24.1 Å². The Kier molecular flexibility index (Phi) is 3.53. The zero-order valence-electron chi connectivity index (χ0n) is 12.6. The molecule has 2 aromatic rings. The highest BCUT2D eigenvalue weighted by atomic mass is 16.3. The van der Waals surface area contributed by atoms with Crippen molar-refractivity contribution in [3.8, 4) is 5.75 Å². The van der Waals surface area contributed by atoms with Crippen LogP contribution < -0.4 is 0 Å². The molecule has 1 N–H and O–H groups in total. The minimum Gasteiger partial charge on any atom is -0.507 e. The number of nitrogens with zero attached hydrogens (tertiary/aromatic N) is 1. The Hall–Kier alpha value is -2.49. The van der Waals surface area contributed by atoms with Crippen LogP contribution in [-0.4, -0.2) is 10.9 Å². The van der Waals surface area contributed by atoms with Gasteiger partial charge in [0.1, 0.15) is 11.4 Å². The van der Waals surface area contributed by atoms with E-state index in [1.807, 2.05) is 32.0 Å². The molecule has 0 radical (unpaired) electrons. The summed E-state index contributed by atoms with van der Waals surface area (Å²) < 4.78 is 0. The van der Waals surface area contributed by atoms with Crippen LogP contribution in [-0.2, 0) is 6.42 Å². The van der Waals surface area contributed by atoms with Crippen molar-refractivity contribution in [1.29, 1.82) is 0 Å². The van der Waals surface area contributed by atoms with Gasteiger partial charge in [-0.3, -0.25) is 4.79 Å². The number of fused-ring (bicyclic) bond motifs is 1. The number of hydrogen-bond donors (Lipinski definition) is 1. The lowest BCUT2D eigenvalue weighted by Crippen LogP contribution is -2.19. The molecule has 0 bridgehead atoms. The fourth-order valence-electron chi connectivity index (χ4n) is 3.26. The summed E-state index contributed by atoms with van der Waals surface area (Å²) in [5.74, 6) is 0.120. The van der Waals surface area contributed by atoms with Crippen LogP contribution in [0.15, 0.2) is 35.5 Å². The molecule has 3 rings (SSSR count). The standard InChI is InChI=1S/C18H17NO3/c1-10-5-14-8-13(9-17(21)18(14)16(20)6-10)12-3-4-15(19-22)11(2)7-12/h3-7,13,20H,8-9H2,1-2H3. The number of benzene rings is 2. The number of phenolic OH excluding ortho intramolecular Hbond substituents is 1. The van der Waals surface area contributed by atoms with Crippen LogP contribution in [0.1, 0.15) is 45.0 Å². The number of carbonyl (C=O) groups excluding carboxylic acids is 1. The summed E-state index contributed by atoms with van der Waals surface area (Å²) in [6, 6.07) is 9.09. The summed E-state index contributed by atoms with van der Waals surface area (Å²) in [6.07, 6.45) is 1.08. The lowest BCUT2D eigenvalue weighted by Gasteiger charge is -2.25. The van der Waals surface area contributed by atoms with Crippen molar-refractivity contribution < 1.29 is 9.90 Å². The van der Waals surface area contributed by atoms with Crippen LogP contribution in [0.25, 0.3) is 0 Å². The SMILES string of the molecule is Cc1cc(O)c2c(c1)CC(c1ccc(N=O)c(C)c1)CC2=O. The van der Waals surface area contributed by atoms with Crippen molar-refractivity contribution >= 4 is 11.5 Å². The minimum absolute atomic E-state index is 0.0287. The Morgan fingerprint density at radius 3 is 2.59 bits per heavy atom. The van der Waals surface area contributed by atoms with Gasteiger partial charge < -0.3 is 5.11 Å². The van der Waals surface area contributed by atoms with E-state index < -0.39 is 0 Å². The van der Waals surface area contributed by atoms with Crippen LogP contribution >= 0.6 is 0 Å². The van der Waals surface area contributed by atoms with E-state index in [-0.39, 0.29) is 17.5 Å². The number of carbonyl (C=O) groups is 1. The van der Waals surface area contributed by atoms with Gasteiger partial charge >= 0.3 is 0 Å². The average Bonchev–Trinajstić information content (AvgIpc) is 2.45. The number of aryl methyl sites for hydroxylation is 2. The number of phenols is 1. The average molecular weight is 295 g/mol. The molecule has 0 spiro atoms. The van der Waals surface area contributed by atoms with Crippen LogP contribution in [0.4, 0.5) is 5.69 Å². The molecule has 4 heteroatoms. The molecule has 0 heterocycles. The van der Waals surface area contributed by atoms with Gasteiger partial charge in [0.05, 0.1) is 5.56 Å². The third-order valence-corrected chi connectivity index (χ3v) is 4.31. The topological polar surface area (TPSA) is 66.7 Å². The number of rotatable bonds is 2. The van der Waals surface area contributed by atoms with Crippen LogP contribution in [0.2, 0.25) is 0 Å². The zero-order valence-corrected chi connectivity index (χ0v) is 12.6. The molecule has 1 unspecified atom stereocenters. The third-order valence-electron chi connectivity index (χ3n) is 4.31. The maximum atomic E-state index is 12.4. The Morgan fingerprint density at radius 1 is 1.14 bits per heavy atom. The predicted molar refractivity (Wildman–Crippen MR) is 84.9 cm³/mol. The Balaban J connectivity index is 2.00. The lowest BCUT2D eigenvalue weighted by atomic mass is 9.78. The monoisotopic (exact) mass is 295 g/mol. The first-order chi connectivity index (χ1) is 10.5. The summed E-state index contributed by atoms with van der Waals surface area (Å²) in [4.78, 5) is 23.1. The molecule has 0 fully saturated rings. The van der Waals surface area contributed by atoms with Gasteiger partial charge in [-0.15, -0.1) is 4.91 Å². The quantitative estimate of drug-likeness (QED) is 0.839. The van der Waals surface area contributed by atoms with E-state index in [0.717, 1.165) is 22.3 Å². The number of Topliss-reactive ketones (excluding diaryl/α,β-unsaturated/α-hetero) is 1. The van der Waals surface area contributed by atoms with Gasteiger partial charge in [0.15, 0.2) is 5.78 Å². The molecule has 0 saturated heterocycles. The molecule has 1 aliphatic carbocycles. The summed E-state index contributed by atoms with van der Waals surface area (Å²) in [5, 5.41) is 13.0. The number of nitroso groups, excluding NO2 is 1. The van der Waals surface area contributed by atoms with Crippen molar-refractivity contribution in [1.82, 2.24) is 0 Å². The molecule has 22 heavy (non-hydrogen) atoms. The molecule has 4 nitrogen and oxygen atoms in total. The molecule has 0 saturated carbocycles. The van der Waals surface area contributed by atoms with Gasteiger partial charge in [-0.25, -0.2) is 0 Å². The lowest BCUT2D eigenvalue weighted by molar-refractivity contribution is 0.0961. The Labute approximate surface area is 128 Å².